The lowest BCUT2D eigenvalue weighted by molar-refractivity contribution is 0.583. The van der Waals surface area contributed by atoms with Crippen molar-refractivity contribution in [3.8, 4) is 11.5 Å². The third-order valence-corrected chi connectivity index (χ3v) is 2.53. The van der Waals surface area contributed by atoms with Crippen LogP contribution in [0.15, 0.2) is 64.4 Å². The van der Waals surface area contributed by atoms with E-state index in [0.29, 0.717) is 5.89 Å². The highest BCUT2D eigenvalue weighted by molar-refractivity contribution is 5.79. The van der Waals surface area contributed by atoms with Gasteiger partial charge in [-0.1, -0.05) is 35.4 Å². The minimum atomic E-state index is 0.240. The number of nitrogens with zero attached hydrogens (tertiary/aromatic N) is 4. The fraction of sp³-hybridized carbons (Fsp3) is 0. The van der Waals surface area contributed by atoms with E-state index < -0.39 is 0 Å². The minimum absolute atomic E-state index is 0.240. The normalized spacial score (nSPS) is 10.8. The first-order chi connectivity index (χ1) is 9.92. The molecule has 3 aromatic rings. The third-order valence-electron chi connectivity index (χ3n) is 2.53. The van der Waals surface area contributed by atoms with Gasteiger partial charge in [0, 0.05) is 18.0 Å². The van der Waals surface area contributed by atoms with Gasteiger partial charge in [0.25, 0.3) is 0 Å². The smallest absolute Gasteiger partial charge is 0.336 e. The van der Waals surface area contributed by atoms with Crippen LogP contribution in [0.3, 0.4) is 0 Å². The number of hydrazone groups is 1. The zero-order valence-electron chi connectivity index (χ0n) is 10.5. The molecule has 20 heavy (non-hydrogen) atoms. The Morgan fingerprint density at radius 1 is 1.00 bits per heavy atom. The molecule has 1 N–H and O–H groups in total. The molecule has 0 atom stereocenters. The van der Waals surface area contributed by atoms with Crippen molar-refractivity contribution >= 4 is 12.2 Å². The number of rotatable bonds is 4. The van der Waals surface area contributed by atoms with Crippen LogP contribution in [-0.2, 0) is 0 Å². The summed E-state index contributed by atoms with van der Waals surface area (Å²) >= 11 is 0. The number of pyridine rings is 1. The summed E-state index contributed by atoms with van der Waals surface area (Å²) in [5.41, 5.74) is 4.49. The Hall–Kier alpha value is -3.02. The van der Waals surface area contributed by atoms with Crippen LogP contribution < -0.4 is 5.43 Å². The van der Waals surface area contributed by atoms with Gasteiger partial charge < -0.3 is 4.42 Å². The van der Waals surface area contributed by atoms with E-state index in [1.807, 2.05) is 30.3 Å². The highest BCUT2D eigenvalue weighted by atomic mass is 16.4. The predicted octanol–water partition coefficient (Wildman–Crippen LogP) is 2.58. The molecule has 0 aliphatic rings. The van der Waals surface area contributed by atoms with Crippen LogP contribution >= 0.6 is 0 Å². The SMILES string of the molecule is C(=N\Nc1nnc(-c2ccncc2)o1)/c1ccccc1. The number of nitrogens with one attached hydrogen (secondary N) is 1. The molecule has 0 aliphatic heterocycles. The van der Waals surface area contributed by atoms with Crippen molar-refractivity contribution in [3.05, 3.63) is 60.4 Å². The van der Waals surface area contributed by atoms with Gasteiger partial charge in [0.2, 0.25) is 5.89 Å². The van der Waals surface area contributed by atoms with E-state index in [1.54, 1.807) is 30.7 Å². The van der Waals surface area contributed by atoms with Gasteiger partial charge in [-0.05, 0) is 17.7 Å². The molecule has 0 spiro atoms. The molecular formula is C14H11N5O. The summed E-state index contributed by atoms with van der Waals surface area (Å²) in [6.45, 7) is 0. The summed E-state index contributed by atoms with van der Waals surface area (Å²) in [4.78, 5) is 3.93. The summed E-state index contributed by atoms with van der Waals surface area (Å²) in [6.07, 6.45) is 5.01. The van der Waals surface area contributed by atoms with Crippen LogP contribution in [-0.4, -0.2) is 21.4 Å². The Morgan fingerprint density at radius 3 is 2.60 bits per heavy atom. The van der Waals surface area contributed by atoms with Crippen molar-refractivity contribution in [3.63, 3.8) is 0 Å². The van der Waals surface area contributed by atoms with Gasteiger partial charge in [-0.15, -0.1) is 5.10 Å². The molecule has 0 unspecified atom stereocenters. The molecule has 0 amide bonds. The topological polar surface area (TPSA) is 76.2 Å². The Bertz CT molecular complexity index is 694. The number of aromatic nitrogens is 3. The van der Waals surface area contributed by atoms with Crippen LogP contribution in [0, 0.1) is 0 Å². The number of benzene rings is 1. The van der Waals surface area contributed by atoms with Crippen molar-refractivity contribution in [2.75, 3.05) is 5.43 Å². The Morgan fingerprint density at radius 2 is 1.80 bits per heavy atom. The lowest BCUT2D eigenvalue weighted by Crippen LogP contribution is -1.90. The average molecular weight is 265 g/mol. The van der Waals surface area contributed by atoms with Crippen molar-refractivity contribution in [1.29, 1.82) is 0 Å². The van der Waals surface area contributed by atoms with Gasteiger partial charge in [0.05, 0.1) is 6.21 Å². The second kappa shape index (κ2) is 5.75. The highest BCUT2D eigenvalue weighted by Gasteiger charge is 2.06. The van der Waals surface area contributed by atoms with Crippen molar-refractivity contribution in [2.45, 2.75) is 0 Å². The van der Waals surface area contributed by atoms with E-state index in [4.69, 9.17) is 4.42 Å². The molecule has 98 valence electrons. The molecule has 2 aromatic heterocycles. The molecule has 0 saturated heterocycles. The molecule has 0 bridgehead atoms. The average Bonchev–Trinajstić information content (AvgIpc) is 2.98. The third kappa shape index (κ3) is 2.86. The lowest BCUT2D eigenvalue weighted by Gasteiger charge is -1.93. The first-order valence-corrected chi connectivity index (χ1v) is 6.00. The Balaban J connectivity index is 1.68. The van der Waals surface area contributed by atoms with Gasteiger partial charge in [-0.2, -0.15) is 5.10 Å². The van der Waals surface area contributed by atoms with E-state index in [2.05, 4.69) is 25.7 Å². The summed E-state index contributed by atoms with van der Waals surface area (Å²) in [7, 11) is 0. The number of hydrogen-bond donors (Lipinski definition) is 1. The monoisotopic (exact) mass is 265 g/mol. The van der Waals surface area contributed by atoms with E-state index in [1.165, 1.54) is 0 Å². The van der Waals surface area contributed by atoms with Crippen LogP contribution in [0.2, 0.25) is 0 Å². The standard InChI is InChI=1S/C14H11N5O/c1-2-4-11(5-3-1)10-16-18-14-19-17-13(20-14)12-6-8-15-9-7-12/h1-10H,(H,18,19)/b16-10+. The second-order valence-corrected chi connectivity index (χ2v) is 3.93. The minimum Gasteiger partial charge on any atom is -0.402 e. The number of hydrogen-bond acceptors (Lipinski definition) is 6. The van der Waals surface area contributed by atoms with E-state index in [0.717, 1.165) is 11.1 Å². The van der Waals surface area contributed by atoms with Crippen molar-refractivity contribution < 1.29 is 4.42 Å². The Kier molecular flexibility index (Phi) is 3.46. The molecule has 3 rings (SSSR count). The summed E-state index contributed by atoms with van der Waals surface area (Å²) < 4.78 is 5.43. The molecule has 0 radical (unpaired) electrons. The summed E-state index contributed by atoms with van der Waals surface area (Å²) in [5, 5.41) is 11.8. The number of anilines is 1. The zero-order chi connectivity index (χ0) is 13.6. The van der Waals surface area contributed by atoms with Gasteiger partial charge >= 0.3 is 6.01 Å². The fourth-order valence-corrected chi connectivity index (χ4v) is 1.58. The van der Waals surface area contributed by atoms with Gasteiger partial charge in [0.15, 0.2) is 0 Å². The molecule has 6 heteroatoms. The fourth-order valence-electron chi connectivity index (χ4n) is 1.58. The molecule has 2 heterocycles. The molecular weight excluding hydrogens is 254 g/mol. The van der Waals surface area contributed by atoms with Crippen LogP contribution in [0.5, 0.6) is 0 Å². The van der Waals surface area contributed by atoms with Gasteiger partial charge in [0.1, 0.15) is 0 Å². The van der Waals surface area contributed by atoms with E-state index in [9.17, 15) is 0 Å². The van der Waals surface area contributed by atoms with Crippen LogP contribution in [0.4, 0.5) is 6.01 Å². The molecule has 6 nitrogen and oxygen atoms in total. The van der Waals surface area contributed by atoms with Crippen molar-refractivity contribution in [2.24, 2.45) is 5.10 Å². The maximum absolute atomic E-state index is 5.43. The first-order valence-electron chi connectivity index (χ1n) is 6.00. The predicted molar refractivity (Wildman–Crippen MR) is 75.2 cm³/mol. The van der Waals surface area contributed by atoms with Crippen LogP contribution in [0.1, 0.15) is 5.56 Å². The molecule has 0 aliphatic carbocycles. The second-order valence-electron chi connectivity index (χ2n) is 3.93. The van der Waals surface area contributed by atoms with Gasteiger partial charge in [-0.3, -0.25) is 4.98 Å². The maximum Gasteiger partial charge on any atom is 0.336 e. The maximum atomic E-state index is 5.43. The highest BCUT2D eigenvalue weighted by Crippen LogP contribution is 2.18. The summed E-state index contributed by atoms with van der Waals surface area (Å²) in [6, 6.07) is 13.6. The van der Waals surface area contributed by atoms with Crippen LogP contribution in [0.25, 0.3) is 11.5 Å². The van der Waals surface area contributed by atoms with Crippen molar-refractivity contribution in [1.82, 2.24) is 15.2 Å². The zero-order valence-corrected chi connectivity index (χ0v) is 10.5. The largest absolute Gasteiger partial charge is 0.402 e. The lowest BCUT2D eigenvalue weighted by atomic mass is 10.2. The van der Waals surface area contributed by atoms with E-state index >= 15 is 0 Å². The molecule has 1 aromatic carbocycles. The molecule has 0 saturated carbocycles. The molecule has 0 fully saturated rings. The Labute approximate surface area is 115 Å². The first kappa shape index (κ1) is 12.0. The summed E-state index contributed by atoms with van der Waals surface area (Å²) in [5.74, 6) is 0.421. The van der Waals surface area contributed by atoms with E-state index in [-0.39, 0.29) is 6.01 Å². The quantitative estimate of drug-likeness (QED) is 0.579. The van der Waals surface area contributed by atoms with Gasteiger partial charge in [-0.25, -0.2) is 5.43 Å².